The van der Waals surface area contributed by atoms with E-state index in [1.807, 2.05) is 30.5 Å². The first-order valence-corrected chi connectivity index (χ1v) is 9.20. The average Bonchev–Trinajstić information content (AvgIpc) is 3.16. The number of aromatic amines is 1. The molecule has 3 rings (SSSR count). The molecule has 25 heavy (non-hydrogen) atoms. The highest BCUT2D eigenvalue weighted by atomic mass is 32.2. The number of H-pyrrole nitrogens is 1. The lowest BCUT2D eigenvalue weighted by Gasteiger charge is -2.18. The fourth-order valence-corrected chi connectivity index (χ4v) is 3.61. The molecule has 2 aromatic heterocycles. The van der Waals surface area contributed by atoms with Gasteiger partial charge in [0, 0.05) is 17.8 Å². The van der Waals surface area contributed by atoms with Gasteiger partial charge >= 0.3 is 0 Å². The van der Waals surface area contributed by atoms with E-state index < -0.39 is 10.0 Å². The average molecular weight is 351 g/mol. The molecule has 7 nitrogen and oxygen atoms in total. The summed E-state index contributed by atoms with van der Waals surface area (Å²) >= 11 is 0. The molecule has 124 valence electrons. The summed E-state index contributed by atoms with van der Waals surface area (Å²) in [5.41, 5.74) is 2.36. The van der Waals surface area contributed by atoms with Crippen LogP contribution in [0.5, 0.6) is 0 Å². The van der Waals surface area contributed by atoms with Crippen LogP contribution in [0.15, 0.2) is 35.6 Å². The third-order valence-corrected chi connectivity index (χ3v) is 5.29. The van der Waals surface area contributed by atoms with Crippen LogP contribution >= 0.6 is 0 Å². The number of aromatic nitrogens is 3. The lowest BCUT2D eigenvalue weighted by Crippen LogP contribution is -2.35. The van der Waals surface area contributed by atoms with E-state index in [2.05, 4.69) is 20.9 Å². The van der Waals surface area contributed by atoms with Crippen molar-refractivity contribution in [3.63, 3.8) is 0 Å². The third kappa shape index (κ3) is 3.05. The van der Waals surface area contributed by atoms with Gasteiger partial charge in [0.1, 0.15) is 34.5 Å². The number of sulfonamides is 1. The molecule has 0 aliphatic carbocycles. The number of nitriles is 1. The number of aryl methyl sites for hydroxylation is 1. The predicted octanol–water partition coefficient (Wildman–Crippen LogP) is -1.19. The van der Waals surface area contributed by atoms with Crippen LogP contribution in [0.25, 0.3) is 10.9 Å². The molecule has 0 radical (unpaired) electrons. The van der Waals surface area contributed by atoms with Crippen LogP contribution in [0.3, 0.4) is 0 Å². The highest BCUT2D eigenvalue weighted by Gasteiger charge is 2.22. The van der Waals surface area contributed by atoms with E-state index in [0.717, 1.165) is 5.56 Å². The summed E-state index contributed by atoms with van der Waals surface area (Å²) in [5.74, 6) is 0. The Kier molecular flexibility index (Phi) is 3.96. The van der Waals surface area contributed by atoms with Crippen LogP contribution in [0.4, 0.5) is 5.69 Å². The summed E-state index contributed by atoms with van der Waals surface area (Å²) in [4.78, 5) is 3.07. The van der Waals surface area contributed by atoms with Crippen LogP contribution in [-0.2, 0) is 15.3 Å². The van der Waals surface area contributed by atoms with E-state index in [1.165, 1.54) is 12.4 Å². The van der Waals surface area contributed by atoms with Gasteiger partial charge in [-0.15, -0.1) is 0 Å². The number of fused-ring (bicyclic) bond motifs is 1. The molecule has 0 aliphatic rings. The van der Waals surface area contributed by atoms with Crippen molar-refractivity contribution in [2.75, 3.05) is 4.72 Å². The molecule has 0 amide bonds. The van der Waals surface area contributed by atoms with Crippen LogP contribution in [0.2, 0.25) is 0 Å². The molecule has 0 fully saturated rings. The van der Waals surface area contributed by atoms with E-state index in [4.69, 9.17) is 0 Å². The molecule has 0 aliphatic heterocycles. The quantitative estimate of drug-likeness (QED) is 0.577. The van der Waals surface area contributed by atoms with Crippen LogP contribution in [0.1, 0.15) is 11.1 Å². The molecule has 2 heterocycles. The fourth-order valence-electron chi connectivity index (χ4n) is 2.61. The molecule has 11 heteroatoms. The minimum Gasteiger partial charge on any atom is -0.358 e. The van der Waals surface area contributed by atoms with Gasteiger partial charge < -0.3 is 4.98 Å². The van der Waals surface area contributed by atoms with E-state index in [9.17, 15) is 13.7 Å². The summed E-state index contributed by atoms with van der Waals surface area (Å²) in [6, 6.07) is 5.58. The maximum atomic E-state index is 12.7. The monoisotopic (exact) mass is 351 g/mol. The number of hydrogen-bond acceptors (Lipinski definition) is 4. The Morgan fingerprint density at radius 1 is 1.36 bits per heavy atom. The van der Waals surface area contributed by atoms with Gasteiger partial charge in [0.15, 0.2) is 0 Å². The Hall–Kier alpha value is -2.60. The highest BCUT2D eigenvalue weighted by molar-refractivity contribution is 7.92. The zero-order valence-electron chi connectivity index (χ0n) is 14.5. The van der Waals surface area contributed by atoms with Gasteiger partial charge in [0.25, 0.3) is 10.0 Å². The molecule has 0 atom stereocenters. The number of nitrogens with zero attached hydrogens (tertiary/aromatic N) is 3. The summed E-state index contributed by atoms with van der Waals surface area (Å²) in [7, 11) is 2.03. The van der Waals surface area contributed by atoms with Gasteiger partial charge in [-0.3, -0.25) is 9.40 Å². The summed E-state index contributed by atoms with van der Waals surface area (Å²) in [6.45, 7) is 1.88. The zero-order valence-corrected chi connectivity index (χ0v) is 15.3. The van der Waals surface area contributed by atoms with Crippen molar-refractivity contribution in [1.82, 2.24) is 14.8 Å². The van der Waals surface area contributed by atoms with Crippen molar-refractivity contribution in [3.8, 4) is 6.07 Å². The van der Waals surface area contributed by atoms with Crippen molar-refractivity contribution in [3.05, 3.63) is 41.9 Å². The minimum absolute atomic E-state index is 0.0863. The second-order valence-electron chi connectivity index (χ2n) is 6.89. The molecule has 0 bridgehead atoms. The summed E-state index contributed by atoms with van der Waals surface area (Å²) in [6.07, 6.45) is 4.41. The molecule has 0 saturated heterocycles. The third-order valence-electron chi connectivity index (χ3n) is 3.97. The van der Waals surface area contributed by atoms with Gasteiger partial charge in [-0.25, -0.2) is 8.42 Å². The van der Waals surface area contributed by atoms with Crippen molar-refractivity contribution in [2.45, 2.75) is 17.1 Å². The molecule has 3 aromatic rings. The van der Waals surface area contributed by atoms with Crippen LogP contribution in [0, 0.1) is 18.3 Å². The van der Waals surface area contributed by atoms with Crippen molar-refractivity contribution >= 4 is 50.2 Å². The molecular formula is C14H16B3N5O2S. The second-order valence-corrected chi connectivity index (χ2v) is 8.57. The molecule has 0 unspecified atom stereocenters. The lowest BCUT2D eigenvalue weighted by molar-refractivity contribution is 0.600. The first-order valence-electron chi connectivity index (χ1n) is 7.72. The number of anilines is 1. The maximum absolute atomic E-state index is 12.7. The molecule has 0 saturated carbocycles. The predicted molar refractivity (Wildman–Crippen MR) is 104 cm³/mol. The largest absolute Gasteiger partial charge is 0.358 e. The SMILES string of the molecule is BC(B)(B)n1cc(S(=O)(=O)Nc2ccc(C)c3c(C#N)c[nH]c23)cn1. The van der Waals surface area contributed by atoms with Crippen molar-refractivity contribution < 1.29 is 8.42 Å². The number of hydrogen-bond donors (Lipinski definition) is 2. The molecular weight excluding hydrogens is 335 g/mol. The summed E-state index contributed by atoms with van der Waals surface area (Å²) < 4.78 is 29.6. The number of benzene rings is 1. The minimum atomic E-state index is -3.79. The van der Waals surface area contributed by atoms with Gasteiger partial charge in [-0.1, -0.05) is 6.07 Å². The van der Waals surface area contributed by atoms with Gasteiger partial charge in [0.2, 0.25) is 0 Å². The molecule has 1 aromatic carbocycles. The second kappa shape index (κ2) is 5.74. The Balaban J connectivity index is 2.04. The molecule has 0 spiro atoms. The Morgan fingerprint density at radius 3 is 2.68 bits per heavy atom. The Morgan fingerprint density at radius 2 is 2.08 bits per heavy atom. The van der Waals surface area contributed by atoms with E-state index in [0.29, 0.717) is 22.2 Å². The van der Waals surface area contributed by atoms with Gasteiger partial charge in [-0.2, -0.15) is 10.4 Å². The van der Waals surface area contributed by atoms with Crippen molar-refractivity contribution in [1.29, 1.82) is 5.26 Å². The first-order chi connectivity index (χ1) is 11.6. The van der Waals surface area contributed by atoms with Gasteiger partial charge in [0.05, 0.1) is 23.0 Å². The number of nitrogens with one attached hydrogen (secondary N) is 2. The van der Waals surface area contributed by atoms with Gasteiger partial charge in [-0.05, 0) is 23.8 Å². The van der Waals surface area contributed by atoms with Crippen LogP contribution < -0.4 is 4.72 Å². The van der Waals surface area contributed by atoms with Crippen molar-refractivity contribution in [2.24, 2.45) is 0 Å². The normalized spacial score (nSPS) is 12.2. The number of rotatable bonds is 4. The lowest BCUT2D eigenvalue weighted by atomic mass is 9.49. The Bertz CT molecular complexity index is 1110. The first kappa shape index (κ1) is 17.2. The smallest absolute Gasteiger partial charge is 0.265 e. The fraction of sp³-hybridized carbons (Fsp3) is 0.143. The standard InChI is InChI=1S/C14H16B3N5O2S/c1-8-2-3-11(13-12(8)9(4-18)5-19-13)21-25(23,24)10-6-20-22(7-10)14(15,16)17/h2-3,5-7,19,21H,15-17H2,1H3. The Labute approximate surface area is 148 Å². The van der Waals surface area contributed by atoms with E-state index >= 15 is 0 Å². The van der Waals surface area contributed by atoms with E-state index in [1.54, 1.807) is 23.0 Å². The van der Waals surface area contributed by atoms with E-state index in [-0.39, 0.29) is 10.1 Å². The van der Waals surface area contributed by atoms with Crippen LogP contribution in [-0.4, -0.2) is 46.7 Å². The topological polar surface area (TPSA) is 104 Å². The highest BCUT2D eigenvalue weighted by Crippen LogP contribution is 2.29. The summed E-state index contributed by atoms with van der Waals surface area (Å²) in [5, 5.41) is 13.7. The molecule has 2 N–H and O–H groups in total. The maximum Gasteiger partial charge on any atom is 0.265 e. The zero-order chi connectivity index (χ0) is 18.4.